The summed E-state index contributed by atoms with van der Waals surface area (Å²) < 4.78 is 0. The molecule has 16 heavy (non-hydrogen) atoms. The first kappa shape index (κ1) is 11.5. The molecule has 1 aromatic rings. The van der Waals surface area contributed by atoms with E-state index < -0.39 is 0 Å². The molecule has 0 radical (unpaired) electrons. The van der Waals surface area contributed by atoms with Gasteiger partial charge >= 0.3 is 0 Å². The Hall–Kier alpha value is -1.02. The number of rotatable bonds is 4. The molecule has 1 aliphatic carbocycles. The summed E-state index contributed by atoms with van der Waals surface area (Å²) in [5.41, 5.74) is 2.20. The minimum absolute atomic E-state index is 0.389. The average Bonchev–Trinajstić information content (AvgIpc) is 2.23. The Morgan fingerprint density at radius 1 is 1.38 bits per heavy atom. The van der Waals surface area contributed by atoms with E-state index in [4.69, 9.17) is 0 Å². The molecule has 2 nitrogen and oxygen atoms in total. The van der Waals surface area contributed by atoms with Gasteiger partial charge in [0.25, 0.3) is 0 Å². The third-order valence-electron chi connectivity index (χ3n) is 3.55. The fourth-order valence-electron chi connectivity index (χ4n) is 2.35. The van der Waals surface area contributed by atoms with E-state index in [1.165, 1.54) is 24.9 Å². The van der Waals surface area contributed by atoms with Crippen molar-refractivity contribution in [1.29, 1.82) is 0 Å². The molecule has 1 aromatic carbocycles. The van der Waals surface area contributed by atoms with Crippen LogP contribution >= 0.6 is 0 Å². The normalized spacial score (nSPS) is 17.9. The number of para-hydroxylation sites is 1. The maximum atomic E-state index is 9.73. The Bertz CT molecular complexity index is 344. The number of hydrogen-bond acceptors (Lipinski definition) is 2. The van der Waals surface area contributed by atoms with Crippen LogP contribution in [0.1, 0.15) is 37.9 Å². The summed E-state index contributed by atoms with van der Waals surface area (Å²) in [7, 11) is 2.12. The Morgan fingerprint density at radius 3 is 2.62 bits per heavy atom. The maximum Gasteiger partial charge on any atom is 0.0781 e. The Kier molecular flexibility index (Phi) is 3.49. The van der Waals surface area contributed by atoms with Crippen molar-refractivity contribution in [3.8, 4) is 0 Å². The predicted molar refractivity (Wildman–Crippen MR) is 67.7 cm³/mol. The van der Waals surface area contributed by atoms with E-state index >= 15 is 0 Å². The van der Waals surface area contributed by atoms with Crippen LogP contribution in [0.5, 0.6) is 0 Å². The number of nitrogens with zero attached hydrogens (tertiary/aromatic N) is 1. The van der Waals surface area contributed by atoms with E-state index in [1.807, 2.05) is 25.1 Å². The van der Waals surface area contributed by atoms with Crippen molar-refractivity contribution in [2.45, 2.75) is 32.3 Å². The lowest BCUT2D eigenvalue weighted by Gasteiger charge is -2.32. The second kappa shape index (κ2) is 4.88. The summed E-state index contributed by atoms with van der Waals surface area (Å²) in [6.07, 6.45) is 3.72. The molecule has 1 N–H and O–H groups in total. The van der Waals surface area contributed by atoms with Crippen LogP contribution in [-0.4, -0.2) is 18.7 Å². The lowest BCUT2D eigenvalue weighted by molar-refractivity contribution is 0.199. The Balaban J connectivity index is 2.11. The highest BCUT2D eigenvalue weighted by molar-refractivity contribution is 5.54. The van der Waals surface area contributed by atoms with Gasteiger partial charge in [-0.1, -0.05) is 24.6 Å². The van der Waals surface area contributed by atoms with Gasteiger partial charge in [-0.3, -0.25) is 0 Å². The highest BCUT2D eigenvalue weighted by atomic mass is 16.3. The lowest BCUT2D eigenvalue weighted by atomic mass is 9.85. The molecule has 0 aliphatic heterocycles. The van der Waals surface area contributed by atoms with Gasteiger partial charge in [0, 0.05) is 24.8 Å². The summed E-state index contributed by atoms with van der Waals surface area (Å²) in [5.74, 6) is 0.854. The van der Waals surface area contributed by atoms with Gasteiger partial charge < -0.3 is 10.0 Å². The van der Waals surface area contributed by atoms with Crippen LogP contribution in [0.2, 0.25) is 0 Å². The summed E-state index contributed by atoms with van der Waals surface area (Å²) in [5, 5.41) is 9.73. The molecule has 88 valence electrons. The van der Waals surface area contributed by atoms with Crippen LogP contribution in [0, 0.1) is 5.92 Å². The zero-order valence-corrected chi connectivity index (χ0v) is 10.2. The van der Waals surface area contributed by atoms with E-state index in [-0.39, 0.29) is 6.10 Å². The van der Waals surface area contributed by atoms with Gasteiger partial charge in [-0.15, -0.1) is 0 Å². The van der Waals surface area contributed by atoms with E-state index in [1.54, 1.807) is 0 Å². The molecule has 1 saturated carbocycles. The number of anilines is 1. The van der Waals surface area contributed by atoms with Gasteiger partial charge in [0.15, 0.2) is 0 Å². The highest BCUT2D eigenvalue weighted by Gasteiger charge is 2.20. The summed E-state index contributed by atoms with van der Waals surface area (Å²) in [6, 6.07) is 8.14. The van der Waals surface area contributed by atoms with Crippen LogP contribution in [0.4, 0.5) is 5.69 Å². The quantitative estimate of drug-likeness (QED) is 0.841. The van der Waals surface area contributed by atoms with Crippen molar-refractivity contribution < 1.29 is 5.11 Å². The van der Waals surface area contributed by atoms with Gasteiger partial charge in [-0.05, 0) is 31.7 Å². The van der Waals surface area contributed by atoms with Crippen LogP contribution < -0.4 is 4.90 Å². The molecule has 0 unspecified atom stereocenters. The largest absolute Gasteiger partial charge is 0.389 e. The van der Waals surface area contributed by atoms with Crippen molar-refractivity contribution in [1.82, 2.24) is 0 Å². The van der Waals surface area contributed by atoms with Gasteiger partial charge in [0.2, 0.25) is 0 Å². The van der Waals surface area contributed by atoms with E-state index in [0.717, 1.165) is 18.0 Å². The molecular formula is C14H21NO. The van der Waals surface area contributed by atoms with E-state index in [0.29, 0.717) is 0 Å². The monoisotopic (exact) mass is 219 g/mol. The minimum atomic E-state index is -0.389. The van der Waals surface area contributed by atoms with Crippen LogP contribution in [0.15, 0.2) is 24.3 Å². The Labute approximate surface area is 97.9 Å². The maximum absolute atomic E-state index is 9.73. The second-order valence-corrected chi connectivity index (χ2v) is 4.91. The fourth-order valence-corrected chi connectivity index (χ4v) is 2.35. The standard InChI is InChI=1S/C14H21NO/c1-11(16)13-8-3-4-9-14(13)15(2)10-12-6-5-7-12/h3-4,8-9,11-12,16H,5-7,10H2,1-2H3/t11-/m0/s1. The summed E-state index contributed by atoms with van der Waals surface area (Å²) in [4.78, 5) is 2.28. The zero-order chi connectivity index (χ0) is 11.5. The molecule has 0 aromatic heterocycles. The molecule has 0 saturated heterocycles. The third-order valence-corrected chi connectivity index (χ3v) is 3.55. The molecule has 1 fully saturated rings. The minimum Gasteiger partial charge on any atom is -0.389 e. The molecule has 2 heteroatoms. The number of benzene rings is 1. The number of hydrogen-bond donors (Lipinski definition) is 1. The molecule has 0 spiro atoms. The lowest BCUT2D eigenvalue weighted by Crippen LogP contribution is -2.30. The predicted octanol–water partition coefficient (Wildman–Crippen LogP) is 2.98. The second-order valence-electron chi connectivity index (χ2n) is 4.91. The average molecular weight is 219 g/mol. The van der Waals surface area contributed by atoms with Crippen LogP contribution in [-0.2, 0) is 0 Å². The molecule has 1 atom stereocenters. The summed E-state index contributed by atoms with van der Waals surface area (Å²) in [6.45, 7) is 2.94. The molecule has 1 aliphatic rings. The smallest absolute Gasteiger partial charge is 0.0781 e. The Morgan fingerprint density at radius 2 is 2.06 bits per heavy atom. The van der Waals surface area contributed by atoms with Gasteiger partial charge in [0.1, 0.15) is 0 Å². The van der Waals surface area contributed by atoms with Crippen LogP contribution in [0.3, 0.4) is 0 Å². The molecule has 0 bridgehead atoms. The van der Waals surface area contributed by atoms with Gasteiger partial charge in [-0.2, -0.15) is 0 Å². The van der Waals surface area contributed by atoms with Crippen molar-refractivity contribution in [2.75, 3.05) is 18.5 Å². The van der Waals surface area contributed by atoms with Crippen molar-refractivity contribution >= 4 is 5.69 Å². The molecule has 0 amide bonds. The third kappa shape index (κ3) is 2.38. The first-order chi connectivity index (χ1) is 7.68. The van der Waals surface area contributed by atoms with Crippen molar-refractivity contribution in [2.24, 2.45) is 5.92 Å². The molecular weight excluding hydrogens is 198 g/mol. The zero-order valence-electron chi connectivity index (χ0n) is 10.2. The van der Waals surface area contributed by atoms with E-state index in [9.17, 15) is 5.11 Å². The first-order valence-electron chi connectivity index (χ1n) is 6.16. The van der Waals surface area contributed by atoms with Gasteiger partial charge in [0.05, 0.1) is 6.10 Å². The molecule has 2 rings (SSSR count). The fraction of sp³-hybridized carbons (Fsp3) is 0.571. The SMILES string of the molecule is C[C@H](O)c1ccccc1N(C)CC1CCC1. The number of aliphatic hydroxyl groups is 1. The number of aliphatic hydroxyl groups excluding tert-OH is 1. The van der Waals surface area contributed by atoms with E-state index in [2.05, 4.69) is 18.0 Å². The summed E-state index contributed by atoms with van der Waals surface area (Å²) >= 11 is 0. The highest BCUT2D eigenvalue weighted by Crippen LogP contribution is 2.31. The first-order valence-corrected chi connectivity index (χ1v) is 6.16. The topological polar surface area (TPSA) is 23.5 Å². The van der Waals surface area contributed by atoms with Crippen molar-refractivity contribution in [3.05, 3.63) is 29.8 Å². The molecule has 0 heterocycles. The van der Waals surface area contributed by atoms with Gasteiger partial charge in [-0.25, -0.2) is 0 Å². The van der Waals surface area contributed by atoms with Crippen molar-refractivity contribution in [3.63, 3.8) is 0 Å². The van der Waals surface area contributed by atoms with Crippen LogP contribution in [0.25, 0.3) is 0 Å².